The molecule has 0 saturated carbocycles. The number of amides is 1. The van der Waals surface area contributed by atoms with Crippen molar-refractivity contribution in [2.75, 3.05) is 40.4 Å². The molecule has 2 aromatic carbocycles. The molecule has 1 fully saturated rings. The van der Waals surface area contributed by atoms with Gasteiger partial charge in [0.25, 0.3) is 11.7 Å². The molecule has 0 spiro atoms. The monoisotopic (exact) mass is 478 g/mol. The molecule has 1 unspecified atom stereocenters. The van der Waals surface area contributed by atoms with Gasteiger partial charge in [-0.05, 0) is 62.0 Å². The summed E-state index contributed by atoms with van der Waals surface area (Å²) < 4.78 is 11.3. The average molecular weight is 479 g/mol. The topological polar surface area (TPSA) is 79.3 Å². The predicted molar refractivity (Wildman–Crippen MR) is 136 cm³/mol. The molecule has 1 aliphatic rings. The van der Waals surface area contributed by atoms with Gasteiger partial charge < -0.3 is 24.4 Å². The van der Waals surface area contributed by atoms with Crippen LogP contribution in [0.5, 0.6) is 11.5 Å². The Morgan fingerprint density at radius 1 is 1.06 bits per heavy atom. The lowest BCUT2D eigenvalue weighted by Gasteiger charge is -2.26. The minimum absolute atomic E-state index is 0.0735. The van der Waals surface area contributed by atoms with Crippen molar-refractivity contribution in [3.05, 3.63) is 77.9 Å². The minimum Gasteiger partial charge on any atom is -0.507 e. The van der Waals surface area contributed by atoms with Crippen LogP contribution in [-0.2, 0) is 9.59 Å². The Morgan fingerprint density at radius 2 is 1.66 bits per heavy atom. The molecule has 0 bridgehead atoms. The molecule has 7 nitrogen and oxygen atoms in total. The van der Waals surface area contributed by atoms with Crippen LogP contribution in [0.3, 0.4) is 0 Å². The lowest BCUT2D eigenvalue weighted by molar-refractivity contribution is -0.140. The summed E-state index contributed by atoms with van der Waals surface area (Å²) in [5, 5.41) is 11.2. The van der Waals surface area contributed by atoms with Crippen LogP contribution in [-0.4, -0.2) is 67.0 Å². The normalized spacial score (nSPS) is 17.3. The first-order valence-corrected chi connectivity index (χ1v) is 11.7. The number of hydrogen-bond acceptors (Lipinski definition) is 6. The van der Waals surface area contributed by atoms with E-state index in [-0.39, 0.29) is 11.3 Å². The maximum Gasteiger partial charge on any atom is 0.295 e. The fourth-order valence-corrected chi connectivity index (χ4v) is 3.79. The molecule has 35 heavy (non-hydrogen) atoms. The molecule has 2 aromatic rings. The van der Waals surface area contributed by atoms with E-state index in [2.05, 4.69) is 20.4 Å². The molecule has 1 heterocycles. The number of likely N-dealkylation sites (N-methyl/N-ethyl adjacent to an activating group) is 1. The van der Waals surface area contributed by atoms with Crippen LogP contribution in [0.2, 0.25) is 0 Å². The van der Waals surface area contributed by atoms with Crippen molar-refractivity contribution >= 4 is 17.4 Å². The van der Waals surface area contributed by atoms with E-state index in [1.54, 1.807) is 42.5 Å². The first-order valence-electron chi connectivity index (χ1n) is 11.7. The maximum atomic E-state index is 13.1. The predicted octanol–water partition coefficient (Wildman–Crippen LogP) is 4.27. The van der Waals surface area contributed by atoms with Crippen molar-refractivity contribution in [1.29, 1.82) is 0 Å². The molecule has 1 saturated heterocycles. The summed E-state index contributed by atoms with van der Waals surface area (Å²) in [4.78, 5) is 29.6. The second-order valence-corrected chi connectivity index (χ2v) is 9.19. The Morgan fingerprint density at radius 3 is 2.23 bits per heavy atom. The molecule has 1 amide bonds. The van der Waals surface area contributed by atoms with E-state index in [9.17, 15) is 14.7 Å². The second-order valence-electron chi connectivity index (χ2n) is 9.19. The van der Waals surface area contributed by atoms with E-state index < -0.39 is 17.7 Å². The highest BCUT2D eigenvalue weighted by molar-refractivity contribution is 6.46. The molecule has 1 atom stereocenters. The first-order chi connectivity index (χ1) is 16.7. The third-order valence-electron chi connectivity index (χ3n) is 5.60. The van der Waals surface area contributed by atoms with Crippen LogP contribution in [0, 0.1) is 5.92 Å². The van der Waals surface area contributed by atoms with Gasteiger partial charge in [-0.25, -0.2) is 0 Å². The smallest absolute Gasteiger partial charge is 0.295 e. The fourth-order valence-electron chi connectivity index (χ4n) is 3.79. The highest BCUT2D eigenvalue weighted by Gasteiger charge is 2.45. The zero-order valence-corrected chi connectivity index (χ0v) is 20.9. The number of ether oxygens (including phenoxy) is 2. The molecule has 0 radical (unpaired) electrons. The third-order valence-corrected chi connectivity index (χ3v) is 5.60. The van der Waals surface area contributed by atoms with Crippen LogP contribution in [0.1, 0.15) is 31.0 Å². The SMILES string of the molecule is C=CCOc1ccc(C2C(=C(O)c3ccc(OCC(C)C)cc3)C(=O)C(=O)N2CCN(C)C)cc1. The van der Waals surface area contributed by atoms with Crippen molar-refractivity contribution in [3.63, 3.8) is 0 Å². The molecule has 1 N–H and O–H groups in total. The first kappa shape index (κ1) is 26.0. The highest BCUT2D eigenvalue weighted by Crippen LogP contribution is 2.39. The summed E-state index contributed by atoms with van der Waals surface area (Å²) in [5.41, 5.74) is 1.24. The number of rotatable bonds is 11. The van der Waals surface area contributed by atoms with Gasteiger partial charge in [0, 0.05) is 18.7 Å². The number of carbonyl (C=O) groups excluding carboxylic acids is 2. The van der Waals surface area contributed by atoms with Gasteiger partial charge >= 0.3 is 0 Å². The molecule has 1 aliphatic heterocycles. The van der Waals surface area contributed by atoms with Gasteiger partial charge in [0.2, 0.25) is 0 Å². The number of Topliss-reactive ketones (excluding diaryl/α,β-unsaturated/α-hetero) is 1. The standard InChI is InChI=1S/C28H34N2O5/c1-6-17-34-22-11-7-20(8-12-22)25-24(27(32)28(33)30(25)16-15-29(4)5)26(31)21-9-13-23(14-10-21)35-18-19(2)3/h6-14,19,25,31H,1,15-18H2,2-5H3. The molecule has 7 heteroatoms. The van der Waals surface area contributed by atoms with E-state index in [4.69, 9.17) is 9.47 Å². The number of aliphatic hydroxyl groups excluding tert-OH is 1. The van der Waals surface area contributed by atoms with Crippen LogP contribution in [0.4, 0.5) is 0 Å². The maximum absolute atomic E-state index is 13.1. The zero-order chi connectivity index (χ0) is 25.5. The summed E-state index contributed by atoms with van der Waals surface area (Å²) in [5.74, 6) is 0.183. The Labute approximate surface area is 207 Å². The summed E-state index contributed by atoms with van der Waals surface area (Å²) >= 11 is 0. The Balaban J connectivity index is 2.00. The van der Waals surface area contributed by atoms with Gasteiger partial charge in [-0.15, -0.1) is 0 Å². The quantitative estimate of drug-likeness (QED) is 0.225. The lowest BCUT2D eigenvalue weighted by atomic mass is 9.95. The van der Waals surface area contributed by atoms with E-state index in [0.29, 0.717) is 54.8 Å². The lowest BCUT2D eigenvalue weighted by Crippen LogP contribution is -2.35. The van der Waals surface area contributed by atoms with Crippen LogP contribution >= 0.6 is 0 Å². The van der Waals surface area contributed by atoms with E-state index in [1.165, 1.54) is 4.90 Å². The van der Waals surface area contributed by atoms with Crippen molar-refractivity contribution in [2.45, 2.75) is 19.9 Å². The second kappa shape index (κ2) is 11.7. The van der Waals surface area contributed by atoms with Crippen molar-refractivity contribution < 1.29 is 24.2 Å². The zero-order valence-electron chi connectivity index (χ0n) is 20.9. The molecule has 3 rings (SSSR count). The van der Waals surface area contributed by atoms with Gasteiger partial charge in [-0.3, -0.25) is 9.59 Å². The van der Waals surface area contributed by atoms with Gasteiger partial charge in [0.15, 0.2) is 0 Å². The number of benzene rings is 2. The highest BCUT2D eigenvalue weighted by atomic mass is 16.5. The number of aliphatic hydroxyl groups is 1. The molecule has 0 aliphatic carbocycles. The van der Waals surface area contributed by atoms with Gasteiger partial charge in [-0.1, -0.05) is 38.6 Å². The van der Waals surface area contributed by atoms with Crippen LogP contribution in [0.15, 0.2) is 66.8 Å². The number of ketones is 1. The van der Waals surface area contributed by atoms with Crippen molar-refractivity contribution in [2.24, 2.45) is 5.92 Å². The Hall–Kier alpha value is -3.58. The summed E-state index contributed by atoms with van der Waals surface area (Å²) in [6.45, 7) is 9.64. The minimum atomic E-state index is -0.708. The van der Waals surface area contributed by atoms with E-state index in [1.807, 2.05) is 31.1 Å². The Kier molecular flexibility index (Phi) is 8.71. The third kappa shape index (κ3) is 6.31. The number of carbonyl (C=O) groups is 2. The molecular weight excluding hydrogens is 444 g/mol. The number of hydrogen-bond donors (Lipinski definition) is 1. The van der Waals surface area contributed by atoms with Crippen LogP contribution in [0.25, 0.3) is 5.76 Å². The largest absolute Gasteiger partial charge is 0.507 e. The fraction of sp³-hybridized carbons (Fsp3) is 0.357. The van der Waals surface area contributed by atoms with Gasteiger partial charge in [0.05, 0.1) is 18.2 Å². The summed E-state index contributed by atoms with van der Waals surface area (Å²) in [6, 6.07) is 13.4. The molecule has 0 aromatic heterocycles. The number of nitrogens with zero attached hydrogens (tertiary/aromatic N) is 2. The average Bonchev–Trinajstić information content (AvgIpc) is 3.10. The Bertz CT molecular complexity index is 1070. The number of likely N-dealkylation sites (tertiary alicyclic amines) is 1. The van der Waals surface area contributed by atoms with Crippen LogP contribution < -0.4 is 9.47 Å². The van der Waals surface area contributed by atoms with Crippen molar-refractivity contribution in [1.82, 2.24) is 9.80 Å². The summed E-state index contributed by atoms with van der Waals surface area (Å²) in [7, 11) is 3.81. The van der Waals surface area contributed by atoms with Crippen molar-refractivity contribution in [3.8, 4) is 11.5 Å². The van der Waals surface area contributed by atoms with Gasteiger partial charge in [-0.2, -0.15) is 0 Å². The van der Waals surface area contributed by atoms with E-state index >= 15 is 0 Å². The van der Waals surface area contributed by atoms with Gasteiger partial charge in [0.1, 0.15) is 23.9 Å². The molecule has 186 valence electrons. The summed E-state index contributed by atoms with van der Waals surface area (Å²) in [6.07, 6.45) is 1.66. The van der Waals surface area contributed by atoms with E-state index in [0.717, 1.165) is 0 Å². The molecular formula is C28H34N2O5.